The number of rotatable bonds is 2. The highest BCUT2D eigenvalue weighted by molar-refractivity contribution is 7.87. The lowest BCUT2D eigenvalue weighted by Gasteiger charge is -2.01. The summed E-state index contributed by atoms with van der Waals surface area (Å²) < 4.78 is 49.3. The Kier molecular flexibility index (Phi) is 2.81. The minimum Gasteiger partial charge on any atom is -0.302 e. The van der Waals surface area contributed by atoms with E-state index in [9.17, 15) is 12.6 Å². The molecule has 1 atom stereocenters. The summed E-state index contributed by atoms with van der Waals surface area (Å²) in [6.07, 6.45) is 0. The Labute approximate surface area is 77.4 Å². The first-order chi connectivity index (χ1) is 5.93. The molecule has 0 aliphatic carbocycles. The molecule has 1 aromatic rings. The number of benzene rings is 1. The van der Waals surface area contributed by atoms with Gasteiger partial charge in [-0.3, -0.25) is 4.55 Å². The lowest BCUT2D eigenvalue weighted by molar-refractivity contribution is 0.479. The molecule has 1 rings (SSSR count). The summed E-state index contributed by atoms with van der Waals surface area (Å²) in [6.45, 7) is 0. The highest BCUT2D eigenvalue weighted by atomic mass is 32.2. The van der Waals surface area contributed by atoms with Crippen LogP contribution in [0.5, 0.6) is 0 Å². The minimum absolute atomic E-state index is 0.329. The Morgan fingerprint density at radius 1 is 1.23 bits per heavy atom. The van der Waals surface area contributed by atoms with Gasteiger partial charge in [0.25, 0.3) is 10.1 Å². The highest BCUT2D eigenvalue weighted by Crippen LogP contribution is 2.17. The van der Waals surface area contributed by atoms with Crippen LogP contribution in [0.2, 0.25) is 0 Å². The van der Waals surface area contributed by atoms with Gasteiger partial charge in [0, 0.05) is 0 Å². The third kappa shape index (κ3) is 2.34. The van der Waals surface area contributed by atoms with E-state index in [2.05, 4.69) is 0 Å². The molecule has 0 radical (unpaired) electrons. The van der Waals surface area contributed by atoms with Gasteiger partial charge in [-0.2, -0.15) is 8.42 Å². The molecule has 0 saturated carbocycles. The van der Waals surface area contributed by atoms with Crippen LogP contribution in [0.15, 0.2) is 34.1 Å². The minimum atomic E-state index is -4.43. The number of hydrogen-bond donors (Lipinski definition) is 2. The summed E-state index contributed by atoms with van der Waals surface area (Å²) in [6, 6.07) is 4.95. The van der Waals surface area contributed by atoms with Gasteiger partial charge in [0.05, 0.1) is 4.90 Å². The van der Waals surface area contributed by atoms with Crippen molar-refractivity contribution >= 4 is 21.2 Å². The van der Waals surface area contributed by atoms with Crippen LogP contribution < -0.4 is 0 Å². The predicted octanol–water partition coefficient (Wildman–Crippen LogP) is 0.514. The maximum atomic E-state index is 10.7. The standard InChI is InChI=1S/C6H6O5S2/c7-12(8)5-3-1-2-4-6(5)13(9,10)11/h1-4H,(H,7,8)(H,9,10,11). The molecule has 0 bridgehead atoms. The van der Waals surface area contributed by atoms with Gasteiger partial charge in [-0.05, 0) is 12.1 Å². The average molecular weight is 222 g/mol. The van der Waals surface area contributed by atoms with Gasteiger partial charge < -0.3 is 4.55 Å². The molecule has 0 spiro atoms. The second kappa shape index (κ2) is 3.54. The summed E-state index contributed by atoms with van der Waals surface area (Å²) in [4.78, 5) is -0.874. The summed E-state index contributed by atoms with van der Waals surface area (Å²) in [5.41, 5.74) is 0. The molecule has 0 saturated heterocycles. The zero-order valence-electron chi connectivity index (χ0n) is 6.25. The lowest BCUT2D eigenvalue weighted by atomic mass is 10.4. The van der Waals surface area contributed by atoms with E-state index in [-0.39, 0.29) is 4.90 Å². The molecule has 2 N–H and O–H groups in total. The maximum absolute atomic E-state index is 10.7. The first-order valence-electron chi connectivity index (χ1n) is 3.10. The van der Waals surface area contributed by atoms with Crippen molar-refractivity contribution in [3.8, 4) is 0 Å². The van der Waals surface area contributed by atoms with Crippen molar-refractivity contribution in [1.82, 2.24) is 0 Å². The molecule has 1 unspecified atom stereocenters. The summed E-state index contributed by atoms with van der Waals surface area (Å²) in [5.74, 6) is 0. The van der Waals surface area contributed by atoms with Crippen LogP contribution in [0.1, 0.15) is 0 Å². The monoisotopic (exact) mass is 222 g/mol. The Morgan fingerprint density at radius 2 is 1.77 bits per heavy atom. The fourth-order valence-corrected chi connectivity index (χ4v) is 2.35. The Balaban J connectivity index is 3.46. The third-order valence-corrected chi connectivity index (χ3v) is 3.09. The van der Waals surface area contributed by atoms with Crippen molar-refractivity contribution in [3.05, 3.63) is 24.3 Å². The van der Waals surface area contributed by atoms with Crippen LogP contribution in [0.4, 0.5) is 0 Å². The molecule has 0 amide bonds. The second-order valence-electron chi connectivity index (χ2n) is 2.17. The van der Waals surface area contributed by atoms with E-state index < -0.39 is 26.1 Å². The molecular formula is C6H6O5S2. The van der Waals surface area contributed by atoms with E-state index in [1.165, 1.54) is 12.1 Å². The van der Waals surface area contributed by atoms with Gasteiger partial charge in [0.15, 0.2) is 11.1 Å². The third-order valence-electron chi connectivity index (χ3n) is 1.32. The Morgan fingerprint density at radius 3 is 2.15 bits per heavy atom. The fourth-order valence-electron chi connectivity index (χ4n) is 0.808. The molecule has 0 fully saturated rings. The number of hydrogen-bond acceptors (Lipinski definition) is 3. The quantitative estimate of drug-likeness (QED) is 0.562. The van der Waals surface area contributed by atoms with E-state index >= 15 is 0 Å². The van der Waals surface area contributed by atoms with Gasteiger partial charge >= 0.3 is 0 Å². The zero-order chi connectivity index (χ0) is 10.1. The zero-order valence-corrected chi connectivity index (χ0v) is 7.88. The van der Waals surface area contributed by atoms with Gasteiger partial charge in [-0.15, -0.1) is 0 Å². The normalized spacial score (nSPS) is 14.0. The van der Waals surface area contributed by atoms with Crippen molar-refractivity contribution < 1.29 is 21.7 Å². The van der Waals surface area contributed by atoms with E-state index in [4.69, 9.17) is 9.11 Å². The first kappa shape index (κ1) is 10.3. The van der Waals surface area contributed by atoms with Crippen LogP contribution in [0.25, 0.3) is 0 Å². The van der Waals surface area contributed by atoms with Gasteiger partial charge in [0.2, 0.25) is 0 Å². The predicted molar refractivity (Wildman–Crippen MR) is 45.3 cm³/mol. The largest absolute Gasteiger partial charge is 0.302 e. The van der Waals surface area contributed by atoms with Crippen LogP contribution in [0, 0.1) is 0 Å². The smallest absolute Gasteiger partial charge is 0.295 e. The first-order valence-corrected chi connectivity index (χ1v) is 5.65. The highest BCUT2D eigenvalue weighted by Gasteiger charge is 2.17. The Bertz CT molecular complexity index is 436. The molecule has 1 aromatic carbocycles. The van der Waals surface area contributed by atoms with Crippen molar-refractivity contribution in [2.45, 2.75) is 9.79 Å². The van der Waals surface area contributed by atoms with Crippen LogP contribution in [-0.2, 0) is 21.2 Å². The topological polar surface area (TPSA) is 91.7 Å². The molecule has 0 aliphatic rings. The van der Waals surface area contributed by atoms with Crippen molar-refractivity contribution in [1.29, 1.82) is 0 Å². The van der Waals surface area contributed by atoms with Crippen LogP contribution >= 0.6 is 0 Å². The van der Waals surface area contributed by atoms with Crippen LogP contribution in [0.3, 0.4) is 0 Å². The molecule has 7 heteroatoms. The lowest BCUT2D eigenvalue weighted by Crippen LogP contribution is -2.03. The van der Waals surface area contributed by atoms with E-state index in [1.54, 1.807) is 0 Å². The summed E-state index contributed by atoms with van der Waals surface area (Å²) >= 11 is -2.43. The molecule has 0 aliphatic heterocycles. The summed E-state index contributed by atoms with van der Waals surface area (Å²) in [5, 5.41) is 0. The molecule has 13 heavy (non-hydrogen) atoms. The van der Waals surface area contributed by atoms with Gasteiger partial charge in [0.1, 0.15) is 4.90 Å². The summed E-state index contributed by atoms with van der Waals surface area (Å²) in [7, 11) is -4.43. The molecule has 72 valence electrons. The molecule has 0 heterocycles. The molecular weight excluding hydrogens is 216 g/mol. The second-order valence-corrected chi connectivity index (χ2v) is 4.50. The van der Waals surface area contributed by atoms with Crippen molar-refractivity contribution in [3.63, 3.8) is 0 Å². The Hall–Kier alpha value is -0.760. The molecule has 5 nitrogen and oxygen atoms in total. The van der Waals surface area contributed by atoms with Crippen molar-refractivity contribution in [2.75, 3.05) is 0 Å². The maximum Gasteiger partial charge on any atom is 0.295 e. The van der Waals surface area contributed by atoms with Crippen molar-refractivity contribution in [2.24, 2.45) is 0 Å². The van der Waals surface area contributed by atoms with E-state index in [0.29, 0.717) is 0 Å². The van der Waals surface area contributed by atoms with E-state index in [0.717, 1.165) is 12.1 Å². The SMILES string of the molecule is O=S(O)c1ccccc1S(=O)(=O)O. The average Bonchev–Trinajstić information content (AvgIpc) is 2.03. The van der Waals surface area contributed by atoms with E-state index in [1.807, 2.05) is 0 Å². The fraction of sp³-hybridized carbons (Fsp3) is 0. The van der Waals surface area contributed by atoms with Crippen LogP contribution in [-0.4, -0.2) is 21.7 Å². The van der Waals surface area contributed by atoms with Gasteiger partial charge in [-0.25, -0.2) is 4.21 Å². The molecule has 0 aromatic heterocycles. The van der Waals surface area contributed by atoms with Gasteiger partial charge in [-0.1, -0.05) is 12.1 Å².